The zero-order valence-corrected chi connectivity index (χ0v) is 10.3. The van der Waals surface area contributed by atoms with Gasteiger partial charge in [0.1, 0.15) is 5.76 Å². The number of fused-ring (bicyclic) bond motifs is 2. The van der Waals surface area contributed by atoms with Crippen molar-refractivity contribution in [2.75, 3.05) is 13.1 Å². The van der Waals surface area contributed by atoms with E-state index in [1.54, 1.807) is 0 Å². The van der Waals surface area contributed by atoms with Gasteiger partial charge in [0.25, 0.3) is 0 Å². The highest BCUT2D eigenvalue weighted by molar-refractivity contribution is 6.04. The van der Waals surface area contributed by atoms with Crippen LogP contribution in [0.2, 0.25) is 0 Å². The van der Waals surface area contributed by atoms with Gasteiger partial charge in [0.05, 0.1) is 0 Å². The van der Waals surface area contributed by atoms with Crippen LogP contribution < -0.4 is 0 Å². The second-order valence-electron chi connectivity index (χ2n) is 5.42. The summed E-state index contributed by atoms with van der Waals surface area (Å²) in [6.07, 6.45) is 5.39. The Morgan fingerprint density at radius 1 is 1.18 bits per heavy atom. The Morgan fingerprint density at radius 2 is 1.88 bits per heavy atom. The number of allylic oxidation sites excluding steroid dienone is 1. The van der Waals surface area contributed by atoms with Crippen LogP contribution in [0.4, 0.5) is 0 Å². The average Bonchev–Trinajstić information content (AvgIpc) is 2.38. The molecule has 1 N–H and O–H groups in total. The summed E-state index contributed by atoms with van der Waals surface area (Å²) in [5.74, 6) is 0.463. The van der Waals surface area contributed by atoms with Crippen molar-refractivity contribution in [2.45, 2.75) is 24.7 Å². The molecule has 0 saturated carbocycles. The van der Waals surface area contributed by atoms with Crippen LogP contribution in [0, 0.1) is 0 Å². The molecular formula is C14H18BNO. The van der Waals surface area contributed by atoms with Crippen LogP contribution in [-0.4, -0.2) is 31.0 Å². The van der Waals surface area contributed by atoms with Crippen molar-refractivity contribution in [1.82, 2.24) is 4.81 Å². The highest BCUT2D eigenvalue weighted by Crippen LogP contribution is 2.44. The topological polar surface area (TPSA) is 23.5 Å². The smallest absolute Gasteiger partial charge is 0.185 e. The maximum Gasteiger partial charge on any atom is 0.185 e. The maximum atomic E-state index is 9.98. The monoisotopic (exact) mass is 227 g/mol. The summed E-state index contributed by atoms with van der Waals surface area (Å²) in [7, 11) is 2.19. The molecule has 17 heavy (non-hydrogen) atoms. The third-order valence-corrected chi connectivity index (χ3v) is 4.40. The van der Waals surface area contributed by atoms with Crippen LogP contribution >= 0.6 is 0 Å². The second-order valence-corrected chi connectivity index (χ2v) is 5.42. The lowest BCUT2D eigenvalue weighted by molar-refractivity contribution is 0.235. The van der Waals surface area contributed by atoms with Crippen molar-refractivity contribution in [3.8, 4) is 0 Å². The van der Waals surface area contributed by atoms with E-state index in [0.29, 0.717) is 5.76 Å². The van der Waals surface area contributed by atoms with E-state index in [9.17, 15) is 5.11 Å². The standard InChI is InChI=1S/C14H18BNO/c15-16-9-7-14(8-10-16)6-5-13(17)11-3-1-2-4-12(11)14/h1-5,17H,6-10,15H2. The fourth-order valence-electron chi connectivity index (χ4n) is 3.20. The second kappa shape index (κ2) is 3.92. The summed E-state index contributed by atoms with van der Waals surface area (Å²) in [4.78, 5) is 2.39. The highest BCUT2D eigenvalue weighted by Gasteiger charge is 2.38. The zero-order chi connectivity index (χ0) is 11.9. The number of aliphatic hydroxyl groups excluding tert-OH is 1. The molecule has 1 heterocycles. The highest BCUT2D eigenvalue weighted by atomic mass is 16.3. The number of piperidine rings is 1. The van der Waals surface area contributed by atoms with E-state index in [2.05, 4.69) is 24.9 Å². The fourth-order valence-corrected chi connectivity index (χ4v) is 3.20. The molecule has 1 aromatic carbocycles. The van der Waals surface area contributed by atoms with Gasteiger partial charge in [-0.3, -0.25) is 0 Å². The number of benzene rings is 1. The molecule has 3 rings (SSSR count). The summed E-state index contributed by atoms with van der Waals surface area (Å²) in [6.45, 7) is 2.31. The SMILES string of the molecule is BN1CCC2(CC=C(O)c3ccccc32)CC1. The van der Waals surface area contributed by atoms with E-state index in [1.165, 1.54) is 18.4 Å². The molecule has 0 bridgehead atoms. The van der Waals surface area contributed by atoms with Gasteiger partial charge in [0.2, 0.25) is 0 Å². The molecule has 0 atom stereocenters. The molecule has 2 aliphatic rings. The van der Waals surface area contributed by atoms with E-state index in [1.807, 2.05) is 18.2 Å². The Labute approximate surface area is 103 Å². The fraction of sp³-hybridized carbons (Fsp3) is 0.429. The van der Waals surface area contributed by atoms with E-state index >= 15 is 0 Å². The van der Waals surface area contributed by atoms with Gasteiger partial charge in [-0.1, -0.05) is 24.3 Å². The lowest BCUT2D eigenvalue weighted by atomic mass is 9.66. The third-order valence-electron chi connectivity index (χ3n) is 4.40. The zero-order valence-electron chi connectivity index (χ0n) is 10.3. The van der Waals surface area contributed by atoms with Crippen molar-refractivity contribution in [3.63, 3.8) is 0 Å². The van der Waals surface area contributed by atoms with Crippen LogP contribution in [0.1, 0.15) is 30.4 Å². The summed E-state index contributed by atoms with van der Waals surface area (Å²) in [5.41, 5.74) is 2.67. The molecular weight excluding hydrogens is 209 g/mol. The lowest BCUT2D eigenvalue weighted by Gasteiger charge is -2.43. The first-order valence-electron chi connectivity index (χ1n) is 6.39. The van der Waals surface area contributed by atoms with Crippen LogP contribution in [0.5, 0.6) is 0 Å². The predicted octanol–water partition coefficient (Wildman–Crippen LogP) is 1.87. The Kier molecular flexibility index (Phi) is 2.51. The number of rotatable bonds is 0. The molecule has 88 valence electrons. The van der Waals surface area contributed by atoms with Crippen LogP contribution in [-0.2, 0) is 5.41 Å². The van der Waals surface area contributed by atoms with Crippen LogP contribution in [0.3, 0.4) is 0 Å². The Bertz CT molecular complexity index is 461. The van der Waals surface area contributed by atoms with Crippen molar-refractivity contribution in [2.24, 2.45) is 0 Å². The first-order chi connectivity index (χ1) is 8.21. The first-order valence-corrected chi connectivity index (χ1v) is 6.39. The molecule has 3 heteroatoms. The van der Waals surface area contributed by atoms with Gasteiger partial charge >= 0.3 is 0 Å². The molecule has 1 aliphatic carbocycles. The quantitative estimate of drug-likeness (QED) is 0.684. The molecule has 0 amide bonds. The van der Waals surface area contributed by atoms with Gasteiger partial charge in [-0.2, -0.15) is 0 Å². The van der Waals surface area contributed by atoms with Crippen LogP contribution in [0.25, 0.3) is 5.76 Å². The summed E-state index contributed by atoms with van der Waals surface area (Å²) in [5, 5.41) is 9.98. The van der Waals surface area contributed by atoms with Crippen molar-refractivity contribution < 1.29 is 5.11 Å². The summed E-state index contributed by atoms with van der Waals surface area (Å²) < 4.78 is 0. The lowest BCUT2D eigenvalue weighted by Crippen LogP contribution is -2.42. The maximum absolute atomic E-state index is 9.98. The minimum Gasteiger partial charge on any atom is -0.508 e. The molecule has 1 saturated heterocycles. The number of hydrogen-bond donors (Lipinski definition) is 1. The van der Waals surface area contributed by atoms with E-state index < -0.39 is 0 Å². The van der Waals surface area contributed by atoms with E-state index in [0.717, 1.165) is 25.1 Å². The molecule has 0 unspecified atom stereocenters. The van der Waals surface area contributed by atoms with E-state index in [4.69, 9.17) is 0 Å². The van der Waals surface area contributed by atoms with Gasteiger partial charge in [0, 0.05) is 11.0 Å². The number of nitrogens with zero attached hydrogens (tertiary/aromatic N) is 1. The molecule has 1 aromatic rings. The van der Waals surface area contributed by atoms with Gasteiger partial charge in [-0.15, -0.1) is 0 Å². The first kappa shape index (κ1) is 10.9. The Morgan fingerprint density at radius 3 is 2.65 bits per heavy atom. The van der Waals surface area contributed by atoms with Gasteiger partial charge < -0.3 is 9.92 Å². The number of aliphatic hydroxyl groups is 1. The normalized spacial score (nSPS) is 23.2. The molecule has 0 radical (unpaired) electrons. The van der Waals surface area contributed by atoms with Crippen molar-refractivity contribution in [3.05, 3.63) is 41.5 Å². The summed E-state index contributed by atoms with van der Waals surface area (Å²) in [6, 6.07) is 8.35. The van der Waals surface area contributed by atoms with Crippen molar-refractivity contribution >= 4 is 13.7 Å². The van der Waals surface area contributed by atoms with Gasteiger partial charge in [0.15, 0.2) is 7.98 Å². The summed E-state index contributed by atoms with van der Waals surface area (Å²) >= 11 is 0. The Hall–Kier alpha value is -1.22. The van der Waals surface area contributed by atoms with E-state index in [-0.39, 0.29) is 5.41 Å². The third kappa shape index (κ3) is 1.69. The minimum absolute atomic E-state index is 0.273. The Balaban J connectivity index is 2.04. The van der Waals surface area contributed by atoms with Crippen LogP contribution in [0.15, 0.2) is 30.3 Å². The molecule has 2 nitrogen and oxygen atoms in total. The average molecular weight is 227 g/mol. The minimum atomic E-state index is 0.273. The van der Waals surface area contributed by atoms with Crippen molar-refractivity contribution in [1.29, 1.82) is 0 Å². The van der Waals surface area contributed by atoms with Gasteiger partial charge in [-0.25, -0.2) is 0 Å². The molecule has 1 aliphatic heterocycles. The number of hydrogen-bond acceptors (Lipinski definition) is 2. The molecule has 1 fully saturated rings. The largest absolute Gasteiger partial charge is 0.508 e. The molecule has 1 spiro atoms. The molecule has 0 aromatic heterocycles. The predicted molar refractivity (Wildman–Crippen MR) is 72.7 cm³/mol. The van der Waals surface area contributed by atoms with Gasteiger partial charge in [-0.05, 0) is 44.0 Å².